The minimum Gasteiger partial charge on any atom is -0.356 e. The summed E-state index contributed by atoms with van der Waals surface area (Å²) < 4.78 is 0. The van der Waals surface area contributed by atoms with E-state index in [2.05, 4.69) is 20.2 Å². The van der Waals surface area contributed by atoms with E-state index in [1.807, 2.05) is 0 Å². The van der Waals surface area contributed by atoms with E-state index in [9.17, 15) is 4.79 Å². The number of anilines is 1. The zero-order valence-corrected chi connectivity index (χ0v) is 8.52. The lowest BCUT2D eigenvalue weighted by Gasteiger charge is -2.18. The van der Waals surface area contributed by atoms with Gasteiger partial charge in [0.15, 0.2) is 0 Å². The van der Waals surface area contributed by atoms with Gasteiger partial charge in [-0.1, -0.05) is 0 Å². The number of carbonyl (C=O) groups is 1. The zero-order chi connectivity index (χ0) is 10.5. The Hall–Kier alpha value is -1.65. The molecule has 80 valence electrons. The number of rotatable bonds is 4. The average molecular weight is 206 g/mol. The fourth-order valence-electron chi connectivity index (χ4n) is 1.84. The van der Waals surface area contributed by atoms with Gasteiger partial charge in [-0.3, -0.25) is 4.79 Å². The molecule has 1 fully saturated rings. The Balaban J connectivity index is 2.16. The summed E-state index contributed by atoms with van der Waals surface area (Å²) in [5.74, 6) is 0.955. The summed E-state index contributed by atoms with van der Waals surface area (Å²) in [4.78, 5) is 20.7. The molecule has 5 nitrogen and oxygen atoms in total. The van der Waals surface area contributed by atoms with Gasteiger partial charge in [0.25, 0.3) is 0 Å². The quantitative estimate of drug-likeness (QED) is 0.721. The first-order valence-corrected chi connectivity index (χ1v) is 5.12. The highest BCUT2D eigenvalue weighted by atomic mass is 16.1. The Bertz CT molecular complexity index is 336. The Morgan fingerprint density at radius 2 is 2.27 bits per heavy atom. The summed E-state index contributed by atoms with van der Waals surface area (Å²) in [6, 6.07) is 0. The maximum Gasteiger partial charge on any atom is 0.207 e. The fraction of sp³-hybridized carbons (Fsp3) is 0.500. The topological polar surface area (TPSA) is 58.1 Å². The second-order valence-electron chi connectivity index (χ2n) is 3.56. The lowest BCUT2D eigenvalue weighted by molar-refractivity contribution is -0.109. The first-order chi connectivity index (χ1) is 7.42. The van der Waals surface area contributed by atoms with Crippen molar-refractivity contribution < 1.29 is 4.79 Å². The molecule has 0 atom stereocenters. The van der Waals surface area contributed by atoms with E-state index in [0.717, 1.165) is 24.5 Å². The molecule has 1 aliphatic rings. The smallest absolute Gasteiger partial charge is 0.207 e. The molecular weight excluding hydrogens is 192 g/mol. The van der Waals surface area contributed by atoms with Crippen molar-refractivity contribution in [2.45, 2.75) is 19.4 Å². The Kier molecular flexibility index (Phi) is 3.11. The summed E-state index contributed by atoms with van der Waals surface area (Å²) in [6.45, 7) is 2.59. The van der Waals surface area contributed by atoms with Crippen LogP contribution >= 0.6 is 0 Å². The van der Waals surface area contributed by atoms with Crippen molar-refractivity contribution in [3.8, 4) is 0 Å². The molecule has 1 aromatic rings. The van der Waals surface area contributed by atoms with Crippen molar-refractivity contribution in [2.75, 3.05) is 18.0 Å². The van der Waals surface area contributed by atoms with Crippen LogP contribution in [0.25, 0.3) is 0 Å². The van der Waals surface area contributed by atoms with E-state index in [-0.39, 0.29) is 0 Å². The number of hydrogen-bond acceptors (Lipinski definition) is 4. The molecule has 0 radical (unpaired) electrons. The van der Waals surface area contributed by atoms with Crippen LogP contribution in [0.3, 0.4) is 0 Å². The Morgan fingerprint density at radius 3 is 3.00 bits per heavy atom. The molecule has 15 heavy (non-hydrogen) atoms. The second kappa shape index (κ2) is 4.72. The Labute approximate surface area is 88.5 Å². The molecule has 2 heterocycles. The van der Waals surface area contributed by atoms with Gasteiger partial charge in [-0.05, 0) is 12.8 Å². The van der Waals surface area contributed by atoms with Crippen molar-refractivity contribution in [2.24, 2.45) is 0 Å². The van der Waals surface area contributed by atoms with Crippen molar-refractivity contribution in [3.63, 3.8) is 0 Å². The van der Waals surface area contributed by atoms with E-state index >= 15 is 0 Å². The summed E-state index contributed by atoms with van der Waals surface area (Å²) in [5.41, 5.74) is 0.978. The summed E-state index contributed by atoms with van der Waals surface area (Å²) in [6.07, 6.45) is 6.44. The van der Waals surface area contributed by atoms with Gasteiger partial charge >= 0.3 is 0 Å². The second-order valence-corrected chi connectivity index (χ2v) is 3.56. The van der Waals surface area contributed by atoms with Crippen LogP contribution in [0.1, 0.15) is 18.4 Å². The summed E-state index contributed by atoms with van der Waals surface area (Å²) >= 11 is 0. The molecule has 1 saturated heterocycles. The number of nitrogens with one attached hydrogen (secondary N) is 1. The summed E-state index contributed by atoms with van der Waals surface area (Å²) in [5, 5.41) is 2.64. The minimum absolute atomic E-state index is 0.496. The molecule has 1 aromatic heterocycles. The minimum atomic E-state index is 0.496. The maximum atomic E-state index is 10.2. The van der Waals surface area contributed by atoms with Crippen LogP contribution in [0, 0.1) is 0 Å². The van der Waals surface area contributed by atoms with E-state index in [1.165, 1.54) is 12.8 Å². The third-order valence-electron chi connectivity index (χ3n) is 2.55. The lowest BCUT2D eigenvalue weighted by Crippen LogP contribution is -2.22. The number of amides is 1. The summed E-state index contributed by atoms with van der Waals surface area (Å²) in [7, 11) is 0. The van der Waals surface area contributed by atoms with Crippen LogP contribution in [0.15, 0.2) is 12.5 Å². The molecule has 5 heteroatoms. The van der Waals surface area contributed by atoms with Gasteiger partial charge in [0, 0.05) is 31.4 Å². The third-order valence-corrected chi connectivity index (χ3v) is 2.55. The first-order valence-electron chi connectivity index (χ1n) is 5.12. The lowest BCUT2D eigenvalue weighted by atomic mass is 10.3. The molecule has 2 rings (SSSR count). The molecule has 0 bridgehead atoms. The number of hydrogen-bond donors (Lipinski definition) is 1. The number of carbonyl (C=O) groups excluding carboxylic acids is 1. The SMILES string of the molecule is O=CNCc1cncnc1N1CCCC1. The Morgan fingerprint density at radius 1 is 1.47 bits per heavy atom. The largest absolute Gasteiger partial charge is 0.356 e. The molecular formula is C10H14N4O. The van der Waals surface area contributed by atoms with Crippen LogP contribution in [0.2, 0.25) is 0 Å². The van der Waals surface area contributed by atoms with E-state index in [0.29, 0.717) is 13.0 Å². The zero-order valence-electron chi connectivity index (χ0n) is 8.52. The molecule has 0 unspecified atom stereocenters. The van der Waals surface area contributed by atoms with Crippen LogP contribution in [0.4, 0.5) is 5.82 Å². The third kappa shape index (κ3) is 2.23. The van der Waals surface area contributed by atoms with Crippen molar-refractivity contribution in [3.05, 3.63) is 18.1 Å². The van der Waals surface area contributed by atoms with Crippen molar-refractivity contribution in [1.29, 1.82) is 0 Å². The molecule has 1 amide bonds. The average Bonchev–Trinajstić information content (AvgIpc) is 2.80. The van der Waals surface area contributed by atoms with Crippen LogP contribution in [-0.4, -0.2) is 29.5 Å². The van der Waals surface area contributed by atoms with Gasteiger partial charge in [0.2, 0.25) is 6.41 Å². The van der Waals surface area contributed by atoms with Crippen molar-refractivity contribution in [1.82, 2.24) is 15.3 Å². The van der Waals surface area contributed by atoms with Gasteiger partial charge in [-0.2, -0.15) is 0 Å². The van der Waals surface area contributed by atoms with Gasteiger partial charge in [0.05, 0.1) is 0 Å². The molecule has 0 saturated carbocycles. The van der Waals surface area contributed by atoms with Gasteiger partial charge in [-0.15, -0.1) is 0 Å². The van der Waals surface area contributed by atoms with Crippen LogP contribution in [0.5, 0.6) is 0 Å². The molecule has 1 aliphatic heterocycles. The highest BCUT2D eigenvalue weighted by Gasteiger charge is 2.16. The normalized spacial score (nSPS) is 15.3. The molecule has 0 aromatic carbocycles. The van der Waals surface area contributed by atoms with Crippen LogP contribution in [-0.2, 0) is 11.3 Å². The predicted molar refractivity (Wildman–Crippen MR) is 56.4 cm³/mol. The molecule has 0 spiro atoms. The highest BCUT2D eigenvalue weighted by molar-refractivity contribution is 5.50. The predicted octanol–water partition coefficient (Wildman–Crippen LogP) is 0.323. The van der Waals surface area contributed by atoms with Gasteiger partial charge < -0.3 is 10.2 Å². The number of nitrogens with zero attached hydrogens (tertiary/aromatic N) is 3. The fourth-order valence-corrected chi connectivity index (χ4v) is 1.84. The van der Waals surface area contributed by atoms with Gasteiger partial charge in [0.1, 0.15) is 12.1 Å². The van der Waals surface area contributed by atoms with E-state index in [1.54, 1.807) is 12.5 Å². The van der Waals surface area contributed by atoms with E-state index in [4.69, 9.17) is 0 Å². The van der Waals surface area contributed by atoms with Gasteiger partial charge in [-0.25, -0.2) is 9.97 Å². The maximum absolute atomic E-state index is 10.2. The molecule has 0 aliphatic carbocycles. The van der Waals surface area contributed by atoms with Crippen molar-refractivity contribution >= 4 is 12.2 Å². The number of aromatic nitrogens is 2. The van der Waals surface area contributed by atoms with E-state index < -0.39 is 0 Å². The monoisotopic (exact) mass is 206 g/mol. The highest BCUT2D eigenvalue weighted by Crippen LogP contribution is 2.20. The van der Waals surface area contributed by atoms with Crippen LogP contribution < -0.4 is 10.2 Å². The first kappa shape index (κ1) is 9.89. The standard InChI is InChI=1S/C10H14N4O/c15-8-12-6-9-5-11-7-13-10(9)14-3-1-2-4-14/h5,7-8H,1-4,6H2,(H,12,15). The molecule has 1 N–H and O–H groups in total.